The zero-order chi connectivity index (χ0) is 52.3. The SMILES string of the molecule is C[Si]1(C)c2cc(N(c3ccc4oc5ccccc5c4c3)c3ccccc3-c3ccccc3)ccc2-c2cc3c4ccccc4c(N(c4ccc5oc6ccccc6c5c4)c4ccccc4-c4ccccc4)cc3c3cccc1c23. The van der Waals surface area contributed by atoms with Crippen LogP contribution >= 0.6 is 0 Å². The molecule has 4 nitrogen and oxygen atoms in total. The maximum atomic E-state index is 6.43. The van der Waals surface area contributed by atoms with Gasteiger partial charge in [0.1, 0.15) is 30.4 Å². The van der Waals surface area contributed by atoms with Gasteiger partial charge in [-0.1, -0.05) is 195 Å². The fourth-order valence-corrected chi connectivity index (χ4v) is 16.2. The Morgan fingerprint density at radius 1 is 0.266 bits per heavy atom. The molecule has 372 valence electrons. The van der Waals surface area contributed by atoms with E-state index in [1.165, 1.54) is 64.9 Å². The molecule has 3 heterocycles. The molecular formula is C74H50N2O2Si. The summed E-state index contributed by atoms with van der Waals surface area (Å²) in [6.07, 6.45) is 0. The maximum Gasteiger partial charge on any atom is 0.135 e. The molecule has 13 aromatic carbocycles. The van der Waals surface area contributed by atoms with Crippen LogP contribution in [0.5, 0.6) is 0 Å². The lowest BCUT2D eigenvalue weighted by Crippen LogP contribution is -2.56. The minimum absolute atomic E-state index is 0.874. The van der Waals surface area contributed by atoms with Crippen LogP contribution in [-0.4, -0.2) is 8.07 Å². The molecular weight excluding hydrogens is 977 g/mol. The van der Waals surface area contributed by atoms with E-state index in [2.05, 4.69) is 278 Å². The number of rotatable bonds is 8. The molecule has 0 aliphatic carbocycles. The summed E-state index contributed by atoms with van der Waals surface area (Å²) in [5.74, 6) is 0. The zero-order valence-corrected chi connectivity index (χ0v) is 44.6. The van der Waals surface area contributed by atoms with Crippen LogP contribution in [0.3, 0.4) is 0 Å². The third-order valence-corrected chi connectivity index (χ3v) is 20.3. The first-order valence-corrected chi connectivity index (χ1v) is 30.2. The molecule has 0 radical (unpaired) electrons. The van der Waals surface area contributed by atoms with Gasteiger partial charge in [0.25, 0.3) is 0 Å². The van der Waals surface area contributed by atoms with E-state index >= 15 is 0 Å². The smallest absolute Gasteiger partial charge is 0.135 e. The summed E-state index contributed by atoms with van der Waals surface area (Å²) in [5.41, 5.74) is 17.4. The third-order valence-electron chi connectivity index (χ3n) is 16.8. The van der Waals surface area contributed by atoms with Crippen molar-refractivity contribution in [2.45, 2.75) is 13.1 Å². The first-order valence-electron chi connectivity index (χ1n) is 27.2. The molecule has 0 saturated carbocycles. The van der Waals surface area contributed by atoms with Gasteiger partial charge in [0, 0.05) is 55.1 Å². The number of hydrogen-bond acceptors (Lipinski definition) is 4. The summed E-state index contributed by atoms with van der Waals surface area (Å²) in [6, 6.07) is 97.7. The summed E-state index contributed by atoms with van der Waals surface area (Å²) >= 11 is 0. The van der Waals surface area contributed by atoms with Crippen molar-refractivity contribution < 1.29 is 8.83 Å². The Labute approximate surface area is 458 Å². The first-order chi connectivity index (χ1) is 38.9. The lowest BCUT2D eigenvalue weighted by molar-refractivity contribution is 0.668. The number of benzene rings is 13. The predicted octanol–water partition coefficient (Wildman–Crippen LogP) is 20.0. The first kappa shape index (κ1) is 45.3. The molecule has 0 N–H and O–H groups in total. The maximum absolute atomic E-state index is 6.43. The van der Waals surface area contributed by atoms with Crippen molar-refractivity contribution in [3.8, 4) is 33.4 Å². The fourth-order valence-electron chi connectivity index (χ4n) is 13.1. The average Bonchev–Trinajstić information content (AvgIpc) is 4.11. The molecule has 1 aliphatic rings. The van der Waals surface area contributed by atoms with E-state index in [1.807, 2.05) is 12.1 Å². The van der Waals surface area contributed by atoms with Crippen molar-refractivity contribution in [3.05, 3.63) is 267 Å². The van der Waals surface area contributed by atoms with Gasteiger partial charge >= 0.3 is 0 Å². The molecule has 2 aromatic heterocycles. The standard InChI is InChI=1S/C74H50N2O2Si/c1-79(2)72-35-19-30-59-61-46-67(76(66-32-16-12-25-53(66)48-22-7-4-8-23-48)50-38-41-71-63(43-50)57-29-14-18-34-69(57)78-71)55-27-10-9-26-54(55)60(61)45-64(74(59)72)58-39-36-51(44-73(58)79)75(65-31-15-11-24-52(65)47-20-5-3-6-21-47)49-37-40-70-62(42-49)56-28-13-17-33-68(56)77-70/h3-46H,1-2H3. The minimum Gasteiger partial charge on any atom is -0.456 e. The van der Waals surface area contributed by atoms with Gasteiger partial charge in [-0.25, -0.2) is 0 Å². The van der Waals surface area contributed by atoms with Gasteiger partial charge in [-0.2, -0.15) is 0 Å². The van der Waals surface area contributed by atoms with Gasteiger partial charge in [-0.05, 0) is 144 Å². The summed E-state index contributed by atoms with van der Waals surface area (Å²) < 4.78 is 12.8. The molecule has 16 rings (SSSR count). The Hall–Kier alpha value is -9.94. The molecule has 0 spiro atoms. The van der Waals surface area contributed by atoms with Crippen LogP contribution in [0.2, 0.25) is 13.1 Å². The van der Waals surface area contributed by atoms with E-state index in [4.69, 9.17) is 8.83 Å². The van der Waals surface area contributed by atoms with Crippen molar-refractivity contribution in [1.29, 1.82) is 0 Å². The van der Waals surface area contributed by atoms with Gasteiger partial charge in [-0.15, -0.1) is 0 Å². The highest BCUT2D eigenvalue weighted by Gasteiger charge is 2.37. The van der Waals surface area contributed by atoms with Gasteiger partial charge in [0.15, 0.2) is 0 Å². The van der Waals surface area contributed by atoms with Crippen molar-refractivity contribution in [1.82, 2.24) is 0 Å². The minimum atomic E-state index is -2.42. The molecule has 0 fully saturated rings. The van der Waals surface area contributed by atoms with Crippen molar-refractivity contribution in [2.75, 3.05) is 9.80 Å². The van der Waals surface area contributed by atoms with E-state index < -0.39 is 8.07 Å². The van der Waals surface area contributed by atoms with Crippen molar-refractivity contribution in [2.24, 2.45) is 0 Å². The second-order valence-electron chi connectivity index (χ2n) is 21.5. The van der Waals surface area contributed by atoms with Gasteiger partial charge < -0.3 is 18.6 Å². The molecule has 0 saturated heterocycles. The van der Waals surface area contributed by atoms with Crippen LogP contribution in [0.15, 0.2) is 276 Å². The predicted molar refractivity (Wildman–Crippen MR) is 336 cm³/mol. The van der Waals surface area contributed by atoms with Crippen LogP contribution < -0.4 is 20.2 Å². The highest BCUT2D eigenvalue weighted by atomic mass is 28.3. The normalized spacial score (nSPS) is 12.8. The molecule has 1 aliphatic heterocycles. The highest BCUT2D eigenvalue weighted by molar-refractivity contribution is 7.03. The Kier molecular flexibility index (Phi) is 10.1. The fraction of sp³-hybridized carbons (Fsp3) is 0.0270. The monoisotopic (exact) mass is 1030 g/mol. The van der Waals surface area contributed by atoms with Gasteiger partial charge in [0.05, 0.1) is 17.1 Å². The summed E-state index contributed by atoms with van der Waals surface area (Å²) in [7, 11) is -2.42. The molecule has 5 heteroatoms. The van der Waals surface area contributed by atoms with Crippen LogP contribution in [-0.2, 0) is 0 Å². The van der Waals surface area contributed by atoms with Crippen molar-refractivity contribution >= 4 is 129 Å². The van der Waals surface area contributed by atoms with Gasteiger partial charge in [-0.3, -0.25) is 0 Å². The molecule has 15 aromatic rings. The van der Waals surface area contributed by atoms with Crippen LogP contribution in [0.1, 0.15) is 0 Å². The molecule has 79 heavy (non-hydrogen) atoms. The van der Waals surface area contributed by atoms with E-state index in [1.54, 1.807) is 0 Å². The van der Waals surface area contributed by atoms with E-state index in [-0.39, 0.29) is 0 Å². The Morgan fingerprint density at radius 3 is 1.37 bits per heavy atom. The highest BCUT2D eigenvalue weighted by Crippen LogP contribution is 2.50. The lowest BCUT2D eigenvalue weighted by Gasteiger charge is -2.36. The second kappa shape index (κ2) is 17.5. The Balaban J connectivity index is 0.928. The lowest BCUT2D eigenvalue weighted by atomic mass is 9.89. The number of anilines is 6. The molecule has 0 atom stereocenters. The third kappa shape index (κ3) is 6.99. The quantitative estimate of drug-likeness (QED) is 0.112. The van der Waals surface area contributed by atoms with Crippen LogP contribution in [0, 0.1) is 0 Å². The zero-order valence-electron chi connectivity index (χ0n) is 43.6. The Morgan fingerprint density at radius 2 is 0.734 bits per heavy atom. The van der Waals surface area contributed by atoms with Crippen molar-refractivity contribution in [3.63, 3.8) is 0 Å². The van der Waals surface area contributed by atoms with Crippen LogP contribution in [0.4, 0.5) is 34.1 Å². The van der Waals surface area contributed by atoms with E-state index in [9.17, 15) is 0 Å². The summed E-state index contributed by atoms with van der Waals surface area (Å²) in [6.45, 7) is 5.10. The number of furan rings is 2. The summed E-state index contributed by atoms with van der Waals surface area (Å²) in [4.78, 5) is 4.96. The number of para-hydroxylation sites is 4. The molecule has 0 amide bonds. The van der Waals surface area contributed by atoms with Gasteiger partial charge in [0.2, 0.25) is 0 Å². The molecule has 0 bridgehead atoms. The average molecular weight is 1030 g/mol. The topological polar surface area (TPSA) is 32.8 Å². The Bertz CT molecular complexity index is 4960. The largest absolute Gasteiger partial charge is 0.456 e. The second-order valence-corrected chi connectivity index (χ2v) is 25.9. The number of fused-ring (bicyclic) bond motifs is 12. The van der Waals surface area contributed by atoms with E-state index in [0.717, 1.165) is 89.1 Å². The number of nitrogens with zero attached hydrogens (tertiary/aromatic N) is 2. The van der Waals surface area contributed by atoms with Crippen LogP contribution in [0.25, 0.3) is 110 Å². The molecule has 0 unspecified atom stereocenters. The number of hydrogen-bond donors (Lipinski definition) is 0. The van der Waals surface area contributed by atoms with E-state index in [0.29, 0.717) is 0 Å². The summed E-state index contributed by atoms with van der Waals surface area (Å²) in [5, 5.41) is 14.8.